The number of azide groups is 1. The first-order valence-electron chi connectivity index (χ1n) is 25.2. The van der Waals surface area contributed by atoms with Gasteiger partial charge in [-0.25, -0.2) is 0 Å². The van der Waals surface area contributed by atoms with Crippen LogP contribution in [0.4, 0.5) is 0 Å². The van der Waals surface area contributed by atoms with Gasteiger partial charge in [0.05, 0.1) is 10.2 Å². The van der Waals surface area contributed by atoms with E-state index in [4.69, 9.17) is 52.3 Å². The molecular formula is C51H98ClN11O9S4. The minimum Gasteiger partial charge on any atom is -0.481 e. The molecule has 0 aliphatic carbocycles. The van der Waals surface area contributed by atoms with Gasteiger partial charge in [-0.3, -0.25) is 33.6 Å². The van der Waals surface area contributed by atoms with Crippen LogP contribution in [0.2, 0.25) is 0 Å². The van der Waals surface area contributed by atoms with Crippen LogP contribution < -0.4 is 43.8 Å². The molecule has 20 nitrogen and oxygen atoms in total. The summed E-state index contributed by atoms with van der Waals surface area (Å²) in [4.78, 5) is 84.6. The molecule has 0 radical (unpaired) electrons. The highest BCUT2D eigenvalue weighted by molar-refractivity contribution is 8.24. The van der Waals surface area contributed by atoms with Gasteiger partial charge in [-0.2, -0.15) is 0 Å². The monoisotopic (exact) mass is 1170 g/mol. The summed E-state index contributed by atoms with van der Waals surface area (Å²) >= 11 is 12.2. The van der Waals surface area contributed by atoms with E-state index < -0.39 is 32.3 Å². The number of carboxylic acid groups (broad SMARTS) is 2. The molecule has 0 bridgehead atoms. The second-order valence-electron chi connectivity index (χ2n) is 22.3. The number of carbonyl (C=O) groups excluding carboxylic acids is 5. The minimum absolute atomic E-state index is 0. The van der Waals surface area contributed by atoms with Gasteiger partial charge in [0, 0.05) is 82.6 Å². The van der Waals surface area contributed by atoms with Gasteiger partial charge in [0.1, 0.15) is 11.3 Å². The van der Waals surface area contributed by atoms with E-state index >= 15 is 0 Å². The Labute approximate surface area is 480 Å². The van der Waals surface area contributed by atoms with E-state index in [2.05, 4.69) is 84.7 Å². The predicted octanol–water partition coefficient (Wildman–Crippen LogP) is 7.83. The molecule has 3 unspecified atom stereocenters. The zero-order valence-electron chi connectivity index (χ0n) is 48.4. The van der Waals surface area contributed by atoms with E-state index in [-0.39, 0.29) is 71.7 Å². The Morgan fingerprint density at radius 2 is 1.12 bits per heavy atom. The molecule has 0 saturated carbocycles. The third-order valence-corrected chi connectivity index (χ3v) is 13.1. The number of halogens is 1. The molecule has 0 aromatic heterocycles. The normalized spacial score (nSPS) is 13.0. The highest BCUT2D eigenvalue weighted by Gasteiger charge is 2.43. The first kappa shape index (κ1) is 81.2. The lowest BCUT2D eigenvalue weighted by Gasteiger charge is -2.35. The lowest BCUT2D eigenvalue weighted by atomic mass is 9.71. The van der Waals surface area contributed by atoms with Crippen LogP contribution in [0.3, 0.4) is 0 Å². The smallest absolute Gasteiger partial charge is 0.319 e. The Bertz CT molecular complexity index is 1890. The van der Waals surface area contributed by atoms with Crippen molar-refractivity contribution in [2.45, 2.75) is 171 Å². The van der Waals surface area contributed by atoms with E-state index in [1.165, 1.54) is 23.5 Å². The van der Waals surface area contributed by atoms with Crippen molar-refractivity contribution >= 4 is 110 Å². The van der Waals surface area contributed by atoms with Crippen molar-refractivity contribution in [3.8, 4) is 0 Å². The molecular weight excluding hydrogens is 1070 g/mol. The summed E-state index contributed by atoms with van der Waals surface area (Å²) in [6.45, 7) is 35.2. The number of nitrogens with one attached hydrogen (secondary N) is 5. The van der Waals surface area contributed by atoms with E-state index in [0.717, 1.165) is 51.4 Å². The number of thioether (sulfide) groups is 2. The van der Waals surface area contributed by atoms with E-state index in [1.54, 1.807) is 55.4 Å². The van der Waals surface area contributed by atoms with Crippen LogP contribution in [-0.2, 0) is 33.6 Å². The van der Waals surface area contributed by atoms with Crippen LogP contribution in [0.5, 0.6) is 0 Å². The summed E-state index contributed by atoms with van der Waals surface area (Å²) in [6, 6.07) is 0. The summed E-state index contributed by atoms with van der Waals surface area (Å²) in [7, 11) is 0. The number of hydrogen-bond donors (Lipinski definition) is 10. The molecule has 0 aliphatic rings. The van der Waals surface area contributed by atoms with Gasteiger partial charge >= 0.3 is 11.9 Å². The number of nitrogens with zero attached hydrogens (tertiary/aromatic N) is 3. The molecule has 0 aromatic carbocycles. The Morgan fingerprint density at radius 3 is 1.51 bits per heavy atom. The highest BCUT2D eigenvalue weighted by atomic mass is 35.5. The van der Waals surface area contributed by atoms with Crippen LogP contribution >= 0.6 is 60.4 Å². The van der Waals surface area contributed by atoms with Gasteiger partial charge < -0.3 is 54.0 Å². The number of unbranched alkanes of at least 4 members (excludes halogenated alkanes) is 2. The standard InChI is InChI=1S/C27H53N7O3.C12H22N2O3S2.C6H12N2O.C6H10O2S2.ClH/c1-25(2,3)18-21(23(36)31-16-10-8-9-15-30-22(35)19-33-34-29)12-11-13-27(7,20-26(4,5)6)24(37)32-17-14-28;1-8(18)19-12(4,9(15)14-6-5-13)7-11(2,3)10(16)17;1-5(2)6(9)8-4-3-7;1-4(9)10-6(2,3)5(7)8;/h21H,8-20,28H2,1-7H3,(H,30,35)(H,31,36)(H,32,37);5-7,13H2,1-4H3,(H,14,15)(H,16,17);1,3-4,7H2,2H3,(H,8,9);1-3H3,(H,7,8);1H. The fourth-order valence-electron chi connectivity index (χ4n) is 7.33. The minimum atomic E-state index is -1.01. The Kier molecular flexibility index (Phi) is 44.3. The van der Waals surface area contributed by atoms with Gasteiger partial charge in [-0.05, 0) is 123 Å². The maximum atomic E-state index is 13.1. The zero-order valence-corrected chi connectivity index (χ0v) is 52.5. The van der Waals surface area contributed by atoms with E-state index in [0.29, 0.717) is 66.3 Å². The number of carboxylic acids is 2. The van der Waals surface area contributed by atoms with Crippen LogP contribution in [-0.4, -0.2) is 128 Å². The Hall–Kier alpha value is -3.61. The fourth-order valence-corrected chi connectivity index (χ4v) is 10.5. The number of nitrogens with two attached hydrogens (primary N) is 3. The second-order valence-corrected chi connectivity index (χ2v) is 27.6. The van der Waals surface area contributed by atoms with Gasteiger partial charge in [0.25, 0.3) is 0 Å². The van der Waals surface area contributed by atoms with Crippen molar-refractivity contribution < 1.29 is 43.8 Å². The summed E-state index contributed by atoms with van der Waals surface area (Å²) in [5, 5.41) is 35.1. The van der Waals surface area contributed by atoms with Crippen molar-refractivity contribution in [1.82, 2.24) is 26.6 Å². The molecule has 0 spiro atoms. The van der Waals surface area contributed by atoms with Gasteiger partial charge in [-0.1, -0.05) is 91.0 Å². The number of aliphatic carboxylic acids is 2. The topological polar surface area (TPSA) is 347 Å². The summed E-state index contributed by atoms with van der Waals surface area (Å²) in [5.74, 6) is -2.41. The van der Waals surface area contributed by atoms with Crippen LogP contribution in [0.1, 0.15) is 162 Å². The molecule has 5 amide bonds. The maximum Gasteiger partial charge on any atom is 0.319 e. The maximum absolute atomic E-state index is 13.1. The number of rotatable bonds is 30. The van der Waals surface area contributed by atoms with Gasteiger partial charge in [0.2, 0.25) is 29.5 Å². The zero-order chi connectivity index (χ0) is 59.4. The van der Waals surface area contributed by atoms with Gasteiger partial charge in [0.15, 0.2) is 0 Å². The third-order valence-electron chi connectivity index (χ3n) is 10.5. The van der Waals surface area contributed by atoms with Crippen LogP contribution in [0, 0.1) is 27.6 Å². The molecule has 0 heterocycles. The molecule has 76 heavy (non-hydrogen) atoms. The van der Waals surface area contributed by atoms with Crippen LogP contribution in [0.25, 0.3) is 10.4 Å². The summed E-state index contributed by atoms with van der Waals surface area (Å²) in [5.41, 5.74) is 23.3. The second kappa shape index (κ2) is 41.4. The number of thiocarbonyl (C=S) groups is 2. The highest BCUT2D eigenvalue weighted by Crippen LogP contribution is 2.40. The molecule has 0 rings (SSSR count). The average molecular weight is 1170 g/mol. The molecule has 0 saturated heterocycles. The van der Waals surface area contributed by atoms with Gasteiger partial charge in [-0.15, -0.1) is 35.9 Å². The molecule has 3 atom stereocenters. The van der Waals surface area contributed by atoms with E-state index in [9.17, 15) is 38.7 Å². The Balaban J connectivity index is -0.000000354. The van der Waals surface area contributed by atoms with Crippen molar-refractivity contribution in [2.75, 3.05) is 58.9 Å². The molecule has 25 heteroatoms. The third kappa shape index (κ3) is 43.4. The lowest BCUT2D eigenvalue weighted by Crippen LogP contribution is -2.47. The van der Waals surface area contributed by atoms with Crippen molar-refractivity contribution in [3.63, 3.8) is 0 Å². The van der Waals surface area contributed by atoms with Crippen molar-refractivity contribution in [1.29, 1.82) is 0 Å². The first-order valence-corrected chi connectivity index (χ1v) is 27.7. The SMILES string of the molecule is C=C(C)C(=O)NCCN.CC(=S)SC(C)(C)C(=O)O.CC(=S)SC(C)(CC(C)(C)C(=O)O)C(=O)NCCN.CC(C)(C)CC(CCCC(C)(CC(C)(C)C)C(=O)NCCN)C(=O)NCCCCCNC(=O)CN=[N+]=[N-].Cl. The van der Waals surface area contributed by atoms with Crippen LogP contribution in [0.15, 0.2) is 17.3 Å². The summed E-state index contributed by atoms with van der Waals surface area (Å²) in [6.07, 6.45) is 6.48. The average Bonchev–Trinajstić information content (AvgIpc) is 3.26. The lowest BCUT2D eigenvalue weighted by molar-refractivity contribution is -0.148. The fraction of sp³-hybridized carbons (Fsp3) is 0.784. The molecule has 0 aromatic rings. The summed E-state index contributed by atoms with van der Waals surface area (Å²) < 4.78 is -0.437. The first-order chi connectivity index (χ1) is 34.2. The molecule has 0 fully saturated rings. The Morgan fingerprint density at radius 1 is 0.645 bits per heavy atom. The number of carbonyl (C=O) groups is 7. The number of amides is 5. The molecule has 13 N–H and O–H groups in total. The van der Waals surface area contributed by atoms with Crippen molar-refractivity contribution in [2.24, 2.45) is 49.9 Å². The largest absolute Gasteiger partial charge is 0.481 e. The predicted molar refractivity (Wildman–Crippen MR) is 324 cm³/mol. The van der Waals surface area contributed by atoms with Crippen molar-refractivity contribution in [3.05, 3.63) is 22.6 Å². The number of hydrogen-bond acceptors (Lipinski definition) is 15. The molecule has 0 aliphatic heterocycles. The van der Waals surface area contributed by atoms with E-state index in [1.807, 2.05) is 6.92 Å². The molecule has 442 valence electrons. The quantitative estimate of drug-likeness (QED) is 0.00818.